The number of hydrogen-bond donors (Lipinski definition) is 1. The highest BCUT2D eigenvalue weighted by atomic mass is 32.2. The summed E-state index contributed by atoms with van der Waals surface area (Å²) >= 11 is 1.39. The highest BCUT2D eigenvalue weighted by Gasteiger charge is 2.16. The molecule has 0 spiro atoms. The number of nitrogens with zero attached hydrogens (tertiary/aromatic N) is 2. The predicted molar refractivity (Wildman–Crippen MR) is 75.4 cm³/mol. The van der Waals surface area contributed by atoms with Crippen LogP contribution in [0.4, 0.5) is 5.69 Å². The Hall–Kier alpha value is -2.41. The lowest BCUT2D eigenvalue weighted by Crippen LogP contribution is -2.11. The SMILES string of the molecule is NC(=O)c1ccc(CSc2ccccn2)c([N+](=O)[O-])c1. The van der Waals surface area contributed by atoms with Gasteiger partial charge in [-0.2, -0.15) is 0 Å². The third-order valence-electron chi connectivity index (χ3n) is 2.58. The van der Waals surface area contributed by atoms with E-state index in [-0.39, 0.29) is 11.3 Å². The Kier molecular flexibility index (Phi) is 4.31. The number of rotatable bonds is 5. The van der Waals surface area contributed by atoms with Gasteiger partial charge in [-0.1, -0.05) is 12.1 Å². The van der Waals surface area contributed by atoms with E-state index in [1.807, 2.05) is 12.1 Å². The largest absolute Gasteiger partial charge is 0.366 e. The summed E-state index contributed by atoms with van der Waals surface area (Å²) in [6, 6.07) is 9.72. The first-order valence-corrected chi connectivity index (χ1v) is 6.67. The van der Waals surface area contributed by atoms with Crippen LogP contribution in [0.25, 0.3) is 0 Å². The van der Waals surface area contributed by atoms with E-state index in [2.05, 4.69) is 4.98 Å². The van der Waals surface area contributed by atoms with Crippen LogP contribution in [0.15, 0.2) is 47.6 Å². The summed E-state index contributed by atoms with van der Waals surface area (Å²) in [5.41, 5.74) is 5.67. The minimum Gasteiger partial charge on any atom is -0.366 e. The molecule has 0 aliphatic carbocycles. The van der Waals surface area contributed by atoms with Crippen molar-refractivity contribution in [3.63, 3.8) is 0 Å². The summed E-state index contributed by atoms with van der Waals surface area (Å²) in [7, 11) is 0. The molecular formula is C13H11N3O3S. The van der Waals surface area contributed by atoms with Gasteiger partial charge in [0.1, 0.15) is 0 Å². The lowest BCUT2D eigenvalue weighted by molar-refractivity contribution is -0.385. The molecule has 6 nitrogen and oxygen atoms in total. The molecule has 1 amide bonds. The molecular weight excluding hydrogens is 278 g/mol. The number of benzene rings is 1. The van der Waals surface area contributed by atoms with Gasteiger partial charge in [-0.15, -0.1) is 11.8 Å². The van der Waals surface area contributed by atoms with Crippen LogP contribution in [-0.2, 0) is 5.75 Å². The topological polar surface area (TPSA) is 99.1 Å². The van der Waals surface area contributed by atoms with Crippen molar-refractivity contribution >= 4 is 23.4 Å². The number of thioether (sulfide) groups is 1. The molecule has 0 saturated carbocycles. The van der Waals surface area contributed by atoms with E-state index in [1.54, 1.807) is 18.3 Å². The first-order chi connectivity index (χ1) is 9.58. The summed E-state index contributed by atoms with van der Waals surface area (Å²) in [6.07, 6.45) is 1.66. The quantitative estimate of drug-likeness (QED) is 0.517. The molecule has 102 valence electrons. The minimum atomic E-state index is -0.683. The summed E-state index contributed by atoms with van der Waals surface area (Å²) in [6.45, 7) is 0. The maximum absolute atomic E-state index is 11.1. The average molecular weight is 289 g/mol. The molecule has 7 heteroatoms. The number of amides is 1. The van der Waals surface area contributed by atoms with Crippen molar-refractivity contribution < 1.29 is 9.72 Å². The fourth-order valence-corrected chi connectivity index (χ4v) is 2.45. The first kappa shape index (κ1) is 14.0. The zero-order chi connectivity index (χ0) is 14.5. The van der Waals surface area contributed by atoms with Crippen LogP contribution in [0, 0.1) is 10.1 Å². The lowest BCUT2D eigenvalue weighted by Gasteiger charge is -2.04. The maximum atomic E-state index is 11.1. The van der Waals surface area contributed by atoms with Gasteiger partial charge in [-0.25, -0.2) is 4.98 Å². The highest BCUT2D eigenvalue weighted by Crippen LogP contribution is 2.27. The third kappa shape index (κ3) is 3.33. The Morgan fingerprint density at radius 3 is 2.75 bits per heavy atom. The molecule has 20 heavy (non-hydrogen) atoms. The van der Waals surface area contributed by atoms with Crippen LogP contribution >= 0.6 is 11.8 Å². The van der Waals surface area contributed by atoms with Crippen LogP contribution in [0.1, 0.15) is 15.9 Å². The monoisotopic (exact) mass is 289 g/mol. The number of carbonyl (C=O) groups excluding carboxylic acids is 1. The van der Waals surface area contributed by atoms with Crippen molar-refractivity contribution in [2.75, 3.05) is 0 Å². The molecule has 2 rings (SSSR count). The second-order valence-electron chi connectivity index (χ2n) is 3.92. The van der Waals surface area contributed by atoms with E-state index < -0.39 is 10.8 Å². The molecule has 0 bridgehead atoms. The zero-order valence-corrected chi connectivity index (χ0v) is 11.2. The van der Waals surface area contributed by atoms with Gasteiger partial charge in [0.2, 0.25) is 5.91 Å². The number of nitro benzene ring substituents is 1. The van der Waals surface area contributed by atoms with E-state index in [4.69, 9.17) is 5.73 Å². The van der Waals surface area contributed by atoms with Crippen LogP contribution < -0.4 is 5.73 Å². The number of nitrogens with two attached hydrogens (primary N) is 1. The standard InChI is InChI=1S/C13H11N3O3S/c14-13(17)9-4-5-10(11(7-9)16(18)19)8-20-12-3-1-2-6-15-12/h1-7H,8H2,(H2,14,17). The number of hydrogen-bond acceptors (Lipinski definition) is 5. The van der Waals surface area contributed by atoms with Gasteiger partial charge < -0.3 is 5.73 Å². The molecule has 0 aliphatic rings. The molecule has 0 fully saturated rings. The van der Waals surface area contributed by atoms with Gasteiger partial charge in [-0.3, -0.25) is 14.9 Å². The summed E-state index contributed by atoms with van der Waals surface area (Å²) in [5.74, 6) is -0.288. The molecule has 0 unspecified atom stereocenters. The fraction of sp³-hybridized carbons (Fsp3) is 0.0769. The summed E-state index contributed by atoms with van der Waals surface area (Å²) in [5, 5.41) is 11.8. The van der Waals surface area contributed by atoms with E-state index in [9.17, 15) is 14.9 Å². The Balaban J connectivity index is 2.23. The molecule has 1 heterocycles. The average Bonchev–Trinajstić information content (AvgIpc) is 2.45. The van der Waals surface area contributed by atoms with Crippen LogP contribution in [-0.4, -0.2) is 15.8 Å². The van der Waals surface area contributed by atoms with E-state index in [1.165, 1.54) is 23.9 Å². The molecule has 1 aromatic heterocycles. The molecule has 0 radical (unpaired) electrons. The molecule has 0 aliphatic heterocycles. The first-order valence-electron chi connectivity index (χ1n) is 5.69. The normalized spacial score (nSPS) is 10.2. The molecule has 0 saturated heterocycles. The van der Waals surface area contributed by atoms with Gasteiger partial charge >= 0.3 is 0 Å². The van der Waals surface area contributed by atoms with Crippen LogP contribution in [0.2, 0.25) is 0 Å². The Morgan fingerprint density at radius 2 is 2.15 bits per heavy atom. The number of carbonyl (C=O) groups is 1. The van der Waals surface area contributed by atoms with Crippen molar-refractivity contribution in [3.05, 3.63) is 63.8 Å². The van der Waals surface area contributed by atoms with Crippen molar-refractivity contribution in [3.8, 4) is 0 Å². The second-order valence-corrected chi connectivity index (χ2v) is 4.92. The predicted octanol–water partition coefficient (Wildman–Crippen LogP) is 2.38. The number of aromatic nitrogens is 1. The zero-order valence-electron chi connectivity index (χ0n) is 10.4. The number of nitro groups is 1. The van der Waals surface area contributed by atoms with Crippen LogP contribution in [0.5, 0.6) is 0 Å². The van der Waals surface area contributed by atoms with Gasteiger partial charge in [0.25, 0.3) is 5.69 Å². The van der Waals surface area contributed by atoms with Gasteiger partial charge in [-0.05, 0) is 18.2 Å². The van der Waals surface area contributed by atoms with Crippen molar-refractivity contribution in [1.82, 2.24) is 4.98 Å². The van der Waals surface area contributed by atoms with Gasteiger partial charge in [0, 0.05) is 29.1 Å². The third-order valence-corrected chi connectivity index (χ3v) is 3.57. The van der Waals surface area contributed by atoms with Crippen LogP contribution in [0.3, 0.4) is 0 Å². The molecule has 2 aromatic rings. The molecule has 2 N–H and O–H groups in total. The summed E-state index contributed by atoms with van der Waals surface area (Å²) < 4.78 is 0. The smallest absolute Gasteiger partial charge is 0.274 e. The van der Waals surface area contributed by atoms with Gasteiger partial charge in [0.05, 0.1) is 9.95 Å². The molecule has 1 aromatic carbocycles. The van der Waals surface area contributed by atoms with Crippen molar-refractivity contribution in [2.45, 2.75) is 10.8 Å². The van der Waals surface area contributed by atoms with E-state index in [0.717, 1.165) is 5.03 Å². The molecule has 0 atom stereocenters. The van der Waals surface area contributed by atoms with E-state index in [0.29, 0.717) is 11.3 Å². The van der Waals surface area contributed by atoms with Gasteiger partial charge in [0.15, 0.2) is 0 Å². The number of primary amides is 1. The van der Waals surface area contributed by atoms with Crippen molar-refractivity contribution in [1.29, 1.82) is 0 Å². The lowest BCUT2D eigenvalue weighted by atomic mass is 10.1. The summed E-state index contributed by atoms with van der Waals surface area (Å²) in [4.78, 5) is 25.7. The minimum absolute atomic E-state index is 0.107. The van der Waals surface area contributed by atoms with Crippen molar-refractivity contribution in [2.24, 2.45) is 5.73 Å². The second kappa shape index (κ2) is 6.16. The highest BCUT2D eigenvalue weighted by molar-refractivity contribution is 7.98. The van der Waals surface area contributed by atoms with E-state index >= 15 is 0 Å². The Labute approximate surface area is 119 Å². The Morgan fingerprint density at radius 1 is 1.35 bits per heavy atom. The Bertz CT molecular complexity index is 647. The maximum Gasteiger partial charge on any atom is 0.274 e. The number of pyridine rings is 1. The fourth-order valence-electron chi connectivity index (χ4n) is 1.59.